The molecule has 0 saturated carbocycles. The number of fused-ring (bicyclic) bond motifs is 1. The molecule has 0 aliphatic heterocycles. The fraction of sp³-hybridized carbons (Fsp3) is 0.385. The monoisotopic (exact) mass is 217 g/mol. The minimum absolute atomic E-state index is 0.506. The summed E-state index contributed by atoms with van der Waals surface area (Å²) in [5.74, 6) is 0. The molecule has 0 aliphatic carbocycles. The molecule has 86 valence electrons. The summed E-state index contributed by atoms with van der Waals surface area (Å²) in [6.45, 7) is 5.77. The van der Waals surface area contributed by atoms with Gasteiger partial charge < -0.3 is 16.0 Å². The van der Waals surface area contributed by atoms with Gasteiger partial charge in [0, 0.05) is 30.3 Å². The highest BCUT2D eigenvalue weighted by atomic mass is 14.9. The van der Waals surface area contributed by atoms with Crippen molar-refractivity contribution in [3.05, 3.63) is 35.5 Å². The number of benzene rings is 1. The Balaban J connectivity index is 2.22. The molecule has 0 bridgehead atoms. The quantitative estimate of drug-likeness (QED) is 0.734. The van der Waals surface area contributed by atoms with Crippen molar-refractivity contribution in [3.63, 3.8) is 0 Å². The lowest BCUT2D eigenvalue weighted by molar-refractivity contribution is 0.583. The first-order valence-corrected chi connectivity index (χ1v) is 5.73. The summed E-state index contributed by atoms with van der Waals surface area (Å²) in [4.78, 5) is 3.41. The fourth-order valence-corrected chi connectivity index (χ4v) is 1.77. The lowest BCUT2D eigenvalue weighted by atomic mass is 10.1. The van der Waals surface area contributed by atoms with Crippen LogP contribution in [0.1, 0.15) is 25.1 Å². The van der Waals surface area contributed by atoms with Gasteiger partial charge in [-0.2, -0.15) is 0 Å². The Morgan fingerprint density at radius 2 is 2.12 bits per heavy atom. The van der Waals surface area contributed by atoms with Crippen LogP contribution in [0.5, 0.6) is 0 Å². The number of nitrogens with one attached hydrogen (secondary N) is 2. The summed E-state index contributed by atoms with van der Waals surface area (Å²) in [6, 6.07) is 9.01. The zero-order valence-electron chi connectivity index (χ0n) is 9.88. The summed E-state index contributed by atoms with van der Waals surface area (Å²) in [5.41, 5.74) is 9.17. The third-order valence-corrected chi connectivity index (χ3v) is 2.68. The van der Waals surface area contributed by atoms with Crippen LogP contribution in [0.25, 0.3) is 10.9 Å². The number of rotatable bonds is 4. The average molecular weight is 217 g/mol. The number of hydrogen-bond donors (Lipinski definition) is 3. The van der Waals surface area contributed by atoms with Crippen molar-refractivity contribution in [2.24, 2.45) is 5.73 Å². The maximum Gasteiger partial charge on any atom is 0.0459 e. The Bertz CT molecular complexity index is 471. The molecule has 0 saturated heterocycles. The zero-order chi connectivity index (χ0) is 11.5. The minimum Gasteiger partial charge on any atom is -0.357 e. The molecule has 0 radical (unpaired) electrons. The second-order valence-corrected chi connectivity index (χ2v) is 4.46. The van der Waals surface area contributed by atoms with E-state index in [9.17, 15) is 0 Å². The number of nitrogens with two attached hydrogens (primary N) is 1. The number of H-pyrrole nitrogens is 1. The maximum absolute atomic E-state index is 5.62. The van der Waals surface area contributed by atoms with Gasteiger partial charge in [-0.25, -0.2) is 0 Å². The Morgan fingerprint density at radius 1 is 1.31 bits per heavy atom. The molecule has 0 fully saturated rings. The van der Waals surface area contributed by atoms with E-state index >= 15 is 0 Å². The van der Waals surface area contributed by atoms with Crippen molar-refractivity contribution < 1.29 is 0 Å². The predicted octanol–water partition coefficient (Wildman–Crippen LogP) is 2.12. The third kappa shape index (κ3) is 2.43. The molecule has 3 heteroatoms. The van der Waals surface area contributed by atoms with Crippen LogP contribution in [0.3, 0.4) is 0 Å². The van der Waals surface area contributed by atoms with Gasteiger partial charge in [-0.05, 0) is 23.1 Å². The molecule has 0 spiro atoms. The zero-order valence-corrected chi connectivity index (χ0v) is 9.88. The third-order valence-electron chi connectivity index (χ3n) is 2.68. The molecule has 0 aliphatic rings. The molecule has 1 heterocycles. The topological polar surface area (TPSA) is 53.8 Å². The largest absolute Gasteiger partial charge is 0.357 e. The Hall–Kier alpha value is -1.32. The highest BCUT2D eigenvalue weighted by molar-refractivity contribution is 5.81. The van der Waals surface area contributed by atoms with E-state index in [-0.39, 0.29) is 0 Å². The van der Waals surface area contributed by atoms with E-state index in [2.05, 4.69) is 48.4 Å². The molecule has 0 atom stereocenters. The maximum atomic E-state index is 5.62. The van der Waals surface area contributed by atoms with Crippen LogP contribution in [-0.4, -0.2) is 11.0 Å². The SMILES string of the molecule is CC(C)NCc1cc2ccc(CN)cc2[nH]1. The highest BCUT2D eigenvalue weighted by Crippen LogP contribution is 2.17. The lowest BCUT2D eigenvalue weighted by Gasteiger charge is -2.05. The van der Waals surface area contributed by atoms with E-state index in [0.717, 1.165) is 12.1 Å². The molecule has 1 aromatic heterocycles. The van der Waals surface area contributed by atoms with Crippen LogP contribution >= 0.6 is 0 Å². The highest BCUT2D eigenvalue weighted by Gasteiger charge is 2.02. The van der Waals surface area contributed by atoms with E-state index in [0.29, 0.717) is 12.6 Å². The Morgan fingerprint density at radius 3 is 2.81 bits per heavy atom. The molecule has 3 nitrogen and oxygen atoms in total. The van der Waals surface area contributed by atoms with Crippen molar-refractivity contribution in [1.29, 1.82) is 0 Å². The first kappa shape index (κ1) is 11.2. The molecular weight excluding hydrogens is 198 g/mol. The summed E-state index contributed by atoms with van der Waals surface area (Å²) >= 11 is 0. The van der Waals surface area contributed by atoms with Crippen LogP contribution in [0.2, 0.25) is 0 Å². The van der Waals surface area contributed by atoms with Crippen molar-refractivity contribution in [3.8, 4) is 0 Å². The van der Waals surface area contributed by atoms with Crippen molar-refractivity contribution in [2.45, 2.75) is 33.0 Å². The summed E-state index contributed by atoms with van der Waals surface area (Å²) < 4.78 is 0. The van der Waals surface area contributed by atoms with E-state index in [1.165, 1.54) is 16.6 Å². The van der Waals surface area contributed by atoms with Crippen LogP contribution in [0.4, 0.5) is 0 Å². The van der Waals surface area contributed by atoms with Gasteiger partial charge in [0.15, 0.2) is 0 Å². The van der Waals surface area contributed by atoms with Crippen LogP contribution in [0, 0.1) is 0 Å². The molecular formula is C13H19N3. The summed E-state index contributed by atoms with van der Waals surface area (Å²) in [7, 11) is 0. The molecule has 2 aromatic rings. The van der Waals surface area contributed by atoms with Crippen molar-refractivity contribution >= 4 is 10.9 Å². The van der Waals surface area contributed by atoms with Crippen LogP contribution in [-0.2, 0) is 13.1 Å². The van der Waals surface area contributed by atoms with E-state index in [1.54, 1.807) is 0 Å². The number of hydrogen-bond acceptors (Lipinski definition) is 2. The van der Waals surface area contributed by atoms with Gasteiger partial charge in [0.05, 0.1) is 0 Å². The van der Waals surface area contributed by atoms with Gasteiger partial charge in [0.25, 0.3) is 0 Å². The lowest BCUT2D eigenvalue weighted by Crippen LogP contribution is -2.21. The Kier molecular flexibility index (Phi) is 3.27. The standard InChI is InChI=1S/C13H19N3/c1-9(2)15-8-12-6-11-4-3-10(7-14)5-13(11)16-12/h3-6,9,15-16H,7-8,14H2,1-2H3. The smallest absolute Gasteiger partial charge is 0.0459 e. The molecule has 16 heavy (non-hydrogen) atoms. The Labute approximate surface area is 96.0 Å². The van der Waals surface area contributed by atoms with E-state index < -0.39 is 0 Å². The van der Waals surface area contributed by atoms with E-state index in [4.69, 9.17) is 5.73 Å². The van der Waals surface area contributed by atoms with Crippen LogP contribution in [0.15, 0.2) is 24.3 Å². The molecule has 0 unspecified atom stereocenters. The molecule has 1 aromatic carbocycles. The predicted molar refractivity (Wildman–Crippen MR) is 68.2 cm³/mol. The first-order valence-electron chi connectivity index (χ1n) is 5.73. The fourth-order valence-electron chi connectivity index (χ4n) is 1.77. The van der Waals surface area contributed by atoms with Gasteiger partial charge in [-0.15, -0.1) is 0 Å². The second-order valence-electron chi connectivity index (χ2n) is 4.46. The molecule has 0 amide bonds. The van der Waals surface area contributed by atoms with Gasteiger partial charge in [0.1, 0.15) is 0 Å². The van der Waals surface area contributed by atoms with Crippen molar-refractivity contribution in [2.75, 3.05) is 0 Å². The van der Waals surface area contributed by atoms with Crippen molar-refractivity contribution in [1.82, 2.24) is 10.3 Å². The second kappa shape index (κ2) is 4.68. The van der Waals surface area contributed by atoms with E-state index in [1.807, 2.05) is 0 Å². The summed E-state index contributed by atoms with van der Waals surface area (Å²) in [6.07, 6.45) is 0. The number of aromatic amines is 1. The van der Waals surface area contributed by atoms with Gasteiger partial charge in [0.2, 0.25) is 0 Å². The van der Waals surface area contributed by atoms with Gasteiger partial charge in [-0.3, -0.25) is 0 Å². The summed E-state index contributed by atoms with van der Waals surface area (Å²) in [5, 5.41) is 4.64. The van der Waals surface area contributed by atoms with Crippen LogP contribution < -0.4 is 11.1 Å². The van der Waals surface area contributed by atoms with Gasteiger partial charge >= 0.3 is 0 Å². The average Bonchev–Trinajstić information content (AvgIpc) is 2.67. The number of aromatic nitrogens is 1. The minimum atomic E-state index is 0.506. The molecule has 2 rings (SSSR count). The normalized spacial score (nSPS) is 11.5. The first-order chi connectivity index (χ1) is 7.69. The van der Waals surface area contributed by atoms with Gasteiger partial charge in [-0.1, -0.05) is 26.0 Å². The molecule has 4 N–H and O–H groups in total.